The molecule has 2 atom stereocenters. The molecule has 2 aromatic rings. The van der Waals surface area contributed by atoms with Crippen LogP contribution in [0.3, 0.4) is 0 Å². The lowest BCUT2D eigenvalue weighted by Crippen LogP contribution is -2.45. The number of thioether (sulfide) groups is 1. The monoisotopic (exact) mass is 437 g/mol. The molecule has 2 saturated heterocycles. The maximum atomic E-state index is 6.05. The maximum Gasteiger partial charge on any atom is 0.0741 e. The van der Waals surface area contributed by atoms with Crippen molar-refractivity contribution in [3.05, 3.63) is 69.9 Å². The average Bonchev–Trinajstić information content (AvgIpc) is 3.36. The van der Waals surface area contributed by atoms with Gasteiger partial charge in [0, 0.05) is 44.4 Å². The van der Waals surface area contributed by atoms with Crippen molar-refractivity contribution in [1.29, 1.82) is 0 Å². The van der Waals surface area contributed by atoms with Crippen molar-refractivity contribution in [3.63, 3.8) is 0 Å². The summed E-state index contributed by atoms with van der Waals surface area (Å²) < 4.78 is 7.98. The molecule has 166 valence electrons. The van der Waals surface area contributed by atoms with Crippen LogP contribution in [0, 0.1) is 5.92 Å². The summed E-state index contributed by atoms with van der Waals surface area (Å²) in [6.45, 7) is 9.93. The number of rotatable bonds is 7. The van der Waals surface area contributed by atoms with E-state index in [4.69, 9.17) is 4.74 Å². The second kappa shape index (κ2) is 10.6. The number of allylic oxidation sites excluding steroid dienone is 3. The van der Waals surface area contributed by atoms with Gasteiger partial charge in [-0.05, 0) is 73.8 Å². The smallest absolute Gasteiger partial charge is 0.0741 e. The number of fused-ring (bicyclic) bond motifs is 1. The average molecular weight is 438 g/mol. The number of ether oxygens (including phenoxy) is 1. The number of benzene rings is 1. The van der Waals surface area contributed by atoms with E-state index in [0.717, 1.165) is 44.6 Å². The van der Waals surface area contributed by atoms with Crippen LogP contribution in [0.2, 0.25) is 0 Å². The van der Waals surface area contributed by atoms with Gasteiger partial charge in [-0.25, -0.2) is 4.68 Å². The molecule has 0 amide bonds. The van der Waals surface area contributed by atoms with E-state index >= 15 is 0 Å². The fourth-order valence-electron chi connectivity index (χ4n) is 4.60. The van der Waals surface area contributed by atoms with Crippen LogP contribution in [0.1, 0.15) is 52.0 Å². The van der Waals surface area contributed by atoms with Gasteiger partial charge in [-0.1, -0.05) is 36.9 Å². The first-order valence-corrected chi connectivity index (χ1v) is 12.5. The molecular formula is C26H35N3OS. The van der Waals surface area contributed by atoms with Gasteiger partial charge in [0.05, 0.1) is 16.8 Å². The fourth-order valence-corrected chi connectivity index (χ4v) is 5.82. The van der Waals surface area contributed by atoms with Crippen LogP contribution in [0.5, 0.6) is 0 Å². The number of piperidine rings is 1. The molecule has 2 fully saturated rings. The zero-order valence-corrected chi connectivity index (χ0v) is 19.9. The van der Waals surface area contributed by atoms with Crippen molar-refractivity contribution in [3.8, 4) is 5.69 Å². The molecule has 2 unspecified atom stereocenters. The molecule has 5 heteroatoms. The first kappa shape index (κ1) is 22.2. The van der Waals surface area contributed by atoms with Crippen molar-refractivity contribution in [2.45, 2.75) is 59.0 Å². The largest absolute Gasteiger partial charge is 0.378 e. The van der Waals surface area contributed by atoms with E-state index in [1.54, 1.807) is 0 Å². The molecule has 0 radical (unpaired) electrons. The summed E-state index contributed by atoms with van der Waals surface area (Å²) >= 11 is 1.97. The van der Waals surface area contributed by atoms with E-state index in [2.05, 4.69) is 61.1 Å². The molecule has 0 N–H and O–H groups in total. The van der Waals surface area contributed by atoms with E-state index in [1.165, 1.54) is 33.9 Å². The molecule has 0 spiro atoms. The molecule has 4 rings (SSSR count). The Morgan fingerprint density at radius 1 is 1.29 bits per heavy atom. The Morgan fingerprint density at radius 3 is 2.97 bits per heavy atom. The molecule has 31 heavy (non-hydrogen) atoms. The van der Waals surface area contributed by atoms with Gasteiger partial charge in [0.1, 0.15) is 0 Å². The van der Waals surface area contributed by atoms with Crippen LogP contribution in [0.4, 0.5) is 0 Å². The lowest BCUT2D eigenvalue weighted by atomic mass is 9.88. The Hall–Kier alpha value is -1.98. The van der Waals surface area contributed by atoms with Gasteiger partial charge in [-0.3, -0.25) is 0 Å². The minimum absolute atomic E-state index is 0.476. The third-order valence-electron chi connectivity index (χ3n) is 6.51. The molecule has 3 heterocycles. The van der Waals surface area contributed by atoms with Gasteiger partial charge in [-0.2, -0.15) is 5.10 Å². The molecule has 2 aliphatic rings. The quantitative estimate of drug-likeness (QED) is 0.516. The number of likely N-dealkylation sites (tertiary alicyclic amines) is 1. The summed E-state index contributed by atoms with van der Waals surface area (Å²) in [5.74, 6) is 0.683. The highest BCUT2D eigenvalue weighted by atomic mass is 32.2. The summed E-state index contributed by atoms with van der Waals surface area (Å²) in [6.07, 6.45) is 12.3. The molecule has 2 aliphatic heterocycles. The molecule has 0 bridgehead atoms. The van der Waals surface area contributed by atoms with Gasteiger partial charge >= 0.3 is 0 Å². The van der Waals surface area contributed by atoms with Crippen LogP contribution in [0.15, 0.2) is 64.3 Å². The Morgan fingerprint density at radius 2 is 2.19 bits per heavy atom. The Balaban J connectivity index is 1.48. The van der Waals surface area contributed by atoms with Crippen LogP contribution >= 0.6 is 11.8 Å². The highest BCUT2D eigenvalue weighted by molar-refractivity contribution is 8.06. The standard InChI is InChI=1S/C26H35N3OS/c1-4-20(3)26(28-15-12-25-22(19-28)10-7-16-30-25)31-24(5-2)18-21-9-6-11-23(17-21)29-14-8-13-27-29/h5-6,8-9,11,13-14,17,22,25H,4,7,10,12,15-16,18-19H2,1-3H3/b24-5-,26-20-. The van der Waals surface area contributed by atoms with E-state index in [0.29, 0.717) is 12.0 Å². The zero-order chi connectivity index (χ0) is 21.6. The van der Waals surface area contributed by atoms with Gasteiger partial charge < -0.3 is 9.64 Å². The lowest BCUT2D eigenvalue weighted by molar-refractivity contribution is -0.0593. The van der Waals surface area contributed by atoms with Gasteiger partial charge in [0.2, 0.25) is 0 Å². The summed E-state index contributed by atoms with van der Waals surface area (Å²) in [7, 11) is 0. The maximum absolute atomic E-state index is 6.05. The van der Waals surface area contributed by atoms with E-state index in [-0.39, 0.29) is 0 Å². The number of nitrogens with zero attached hydrogens (tertiary/aromatic N) is 3. The van der Waals surface area contributed by atoms with Crippen molar-refractivity contribution >= 4 is 11.8 Å². The van der Waals surface area contributed by atoms with E-state index < -0.39 is 0 Å². The molecule has 0 aliphatic carbocycles. The minimum atomic E-state index is 0.476. The Kier molecular flexibility index (Phi) is 7.57. The Labute approximate surface area is 191 Å². The summed E-state index contributed by atoms with van der Waals surface area (Å²) in [6, 6.07) is 10.7. The first-order chi connectivity index (χ1) is 15.2. The highest BCUT2D eigenvalue weighted by Gasteiger charge is 2.33. The molecule has 1 aromatic heterocycles. The molecular weight excluding hydrogens is 402 g/mol. The fraction of sp³-hybridized carbons (Fsp3) is 0.500. The normalized spacial score (nSPS) is 22.8. The zero-order valence-electron chi connectivity index (χ0n) is 19.1. The van der Waals surface area contributed by atoms with Crippen molar-refractivity contribution < 1.29 is 4.74 Å². The Bertz CT molecular complexity index is 918. The van der Waals surface area contributed by atoms with E-state index in [1.807, 2.05) is 34.9 Å². The molecule has 1 aromatic carbocycles. The number of hydrogen-bond donors (Lipinski definition) is 0. The lowest BCUT2D eigenvalue weighted by Gasteiger charge is -2.43. The first-order valence-electron chi connectivity index (χ1n) is 11.7. The van der Waals surface area contributed by atoms with Crippen LogP contribution in [-0.2, 0) is 11.2 Å². The topological polar surface area (TPSA) is 30.3 Å². The second-order valence-electron chi connectivity index (χ2n) is 8.64. The SMILES string of the molecule is C/C=C(/Cc1cccc(-n2cccn2)c1)S/C(=C(/C)CC)N1CCC2OCCCC2C1. The van der Waals surface area contributed by atoms with Crippen LogP contribution in [0.25, 0.3) is 5.69 Å². The summed E-state index contributed by atoms with van der Waals surface area (Å²) in [5, 5.41) is 5.84. The van der Waals surface area contributed by atoms with Crippen molar-refractivity contribution in [1.82, 2.24) is 14.7 Å². The van der Waals surface area contributed by atoms with E-state index in [9.17, 15) is 0 Å². The highest BCUT2D eigenvalue weighted by Crippen LogP contribution is 2.38. The minimum Gasteiger partial charge on any atom is -0.378 e. The summed E-state index contributed by atoms with van der Waals surface area (Å²) in [5.41, 5.74) is 3.93. The van der Waals surface area contributed by atoms with Crippen LogP contribution < -0.4 is 0 Å². The second-order valence-corrected chi connectivity index (χ2v) is 9.75. The predicted octanol–water partition coefficient (Wildman–Crippen LogP) is 6.19. The van der Waals surface area contributed by atoms with Gasteiger partial charge in [0.25, 0.3) is 0 Å². The molecule has 4 nitrogen and oxygen atoms in total. The number of hydrogen-bond acceptors (Lipinski definition) is 4. The third kappa shape index (κ3) is 5.45. The van der Waals surface area contributed by atoms with Crippen LogP contribution in [-0.4, -0.2) is 40.5 Å². The van der Waals surface area contributed by atoms with Gasteiger partial charge in [0.15, 0.2) is 0 Å². The molecule has 0 saturated carbocycles. The van der Waals surface area contributed by atoms with Crippen molar-refractivity contribution in [2.75, 3.05) is 19.7 Å². The predicted molar refractivity (Wildman–Crippen MR) is 130 cm³/mol. The number of aromatic nitrogens is 2. The van der Waals surface area contributed by atoms with Gasteiger partial charge in [-0.15, -0.1) is 0 Å². The third-order valence-corrected chi connectivity index (χ3v) is 7.95. The van der Waals surface area contributed by atoms with Crippen molar-refractivity contribution in [2.24, 2.45) is 5.92 Å². The summed E-state index contributed by atoms with van der Waals surface area (Å²) in [4.78, 5) is 4.05.